The van der Waals surface area contributed by atoms with Crippen LogP contribution in [-0.2, 0) is 4.74 Å². The molecule has 9 heteroatoms. The van der Waals surface area contributed by atoms with E-state index in [1.54, 1.807) is 19.2 Å². The summed E-state index contributed by atoms with van der Waals surface area (Å²) in [5.74, 6) is 0.907. The van der Waals surface area contributed by atoms with Crippen LogP contribution in [0.25, 0.3) is 0 Å². The maximum absolute atomic E-state index is 13.2. The lowest BCUT2D eigenvalue weighted by Crippen LogP contribution is -2.46. The summed E-state index contributed by atoms with van der Waals surface area (Å²) in [6.07, 6.45) is 0.242. The molecule has 0 radical (unpaired) electrons. The lowest BCUT2D eigenvalue weighted by Gasteiger charge is -2.24. The number of amides is 1. The maximum Gasteiger partial charge on any atom is 0.407 e. The van der Waals surface area contributed by atoms with Gasteiger partial charge in [0, 0.05) is 26.2 Å². The molecule has 29 heavy (non-hydrogen) atoms. The highest BCUT2D eigenvalue weighted by Gasteiger charge is 2.28. The van der Waals surface area contributed by atoms with E-state index in [1.165, 1.54) is 12.1 Å². The van der Waals surface area contributed by atoms with Gasteiger partial charge >= 0.3 is 6.09 Å². The topological polar surface area (TPSA) is 75.2 Å². The number of carbonyl (C=O) groups is 1. The molecule has 1 aliphatic rings. The normalized spacial score (nSPS) is 17.9. The molecule has 1 aromatic rings. The number of carbonyl (C=O) groups excluding carboxylic acids is 1. The van der Waals surface area contributed by atoms with Crippen molar-refractivity contribution in [3.63, 3.8) is 0 Å². The van der Waals surface area contributed by atoms with Gasteiger partial charge in [-0.3, -0.25) is 4.99 Å². The molecule has 0 aliphatic carbocycles. The van der Waals surface area contributed by atoms with Crippen molar-refractivity contribution in [3.05, 3.63) is 30.1 Å². The van der Waals surface area contributed by atoms with Gasteiger partial charge in [0.25, 0.3) is 0 Å². The van der Waals surface area contributed by atoms with Gasteiger partial charge in [-0.05, 0) is 46.2 Å². The van der Waals surface area contributed by atoms with Gasteiger partial charge in [-0.15, -0.1) is 24.0 Å². The van der Waals surface area contributed by atoms with Crippen molar-refractivity contribution < 1.29 is 18.7 Å². The van der Waals surface area contributed by atoms with Crippen LogP contribution in [0.1, 0.15) is 34.1 Å². The van der Waals surface area contributed by atoms with E-state index < -0.39 is 11.7 Å². The van der Waals surface area contributed by atoms with E-state index in [0.29, 0.717) is 18.8 Å². The average molecular weight is 522 g/mol. The first kappa shape index (κ1) is 25.3. The predicted molar refractivity (Wildman–Crippen MR) is 123 cm³/mol. The van der Waals surface area contributed by atoms with E-state index in [9.17, 15) is 9.18 Å². The second-order valence-corrected chi connectivity index (χ2v) is 7.89. The molecule has 1 fully saturated rings. The number of likely N-dealkylation sites (tertiary alicyclic amines) is 1. The molecule has 0 spiro atoms. The van der Waals surface area contributed by atoms with Gasteiger partial charge in [0.15, 0.2) is 5.96 Å². The molecule has 2 atom stereocenters. The first-order valence-electron chi connectivity index (χ1n) is 9.53. The highest BCUT2D eigenvalue weighted by Crippen LogP contribution is 2.14. The summed E-state index contributed by atoms with van der Waals surface area (Å²) < 4.78 is 24.3. The van der Waals surface area contributed by atoms with Crippen molar-refractivity contribution in [2.75, 3.05) is 26.7 Å². The van der Waals surface area contributed by atoms with Crippen LogP contribution in [0.5, 0.6) is 5.75 Å². The smallest absolute Gasteiger partial charge is 0.407 e. The minimum Gasteiger partial charge on any atom is -0.489 e. The fourth-order valence-electron chi connectivity index (χ4n) is 2.93. The van der Waals surface area contributed by atoms with Crippen molar-refractivity contribution >= 4 is 36.0 Å². The zero-order valence-corrected chi connectivity index (χ0v) is 20.0. The second kappa shape index (κ2) is 11.4. The van der Waals surface area contributed by atoms with Gasteiger partial charge in [0.1, 0.15) is 23.3 Å². The van der Waals surface area contributed by atoms with Crippen molar-refractivity contribution in [2.24, 2.45) is 4.99 Å². The molecular weight excluding hydrogens is 490 g/mol. The number of halogens is 2. The van der Waals surface area contributed by atoms with Crippen LogP contribution in [0.3, 0.4) is 0 Å². The third kappa shape index (κ3) is 9.05. The fraction of sp³-hybridized carbons (Fsp3) is 0.600. The molecule has 2 rings (SSSR count). The van der Waals surface area contributed by atoms with E-state index >= 15 is 0 Å². The molecule has 1 aromatic carbocycles. The molecule has 1 aliphatic heterocycles. The second-order valence-electron chi connectivity index (χ2n) is 7.89. The fourth-order valence-corrected chi connectivity index (χ4v) is 2.93. The van der Waals surface area contributed by atoms with E-state index in [4.69, 9.17) is 9.47 Å². The van der Waals surface area contributed by atoms with Crippen molar-refractivity contribution in [2.45, 2.75) is 51.9 Å². The highest BCUT2D eigenvalue weighted by molar-refractivity contribution is 14.0. The first-order valence-corrected chi connectivity index (χ1v) is 9.53. The number of rotatable bonds is 5. The van der Waals surface area contributed by atoms with Crippen molar-refractivity contribution in [3.8, 4) is 5.75 Å². The largest absolute Gasteiger partial charge is 0.489 e. The number of hydrogen-bond donors (Lipinski definition) is 2. The van der Waals surface area contributed by atoms with Gasteiger partial charge in [0.2, 0.25) is 0 Å². The molecule has 0 aromatic heterocycles. The Hall–Kier alpha value is -1.78. The van der Waals surface area contributed by atoms with Gasteiger partial charge in [-0.1, -0.05) is 6.07 Å². The van der Waals surface area contributed by atoms with Gasteiger partial charge in [-0.2, -0.15) is 0 Å². The maximum atomic E-state index is 13.2. The molecule has 164 valence electrons. The Morgan fingerprint density at radius 1 is 1.41 bits per heavy atom. The van der Waals surface area contributed by atoms with E-state index in [1.807, 2.05) is 27.7 Å². The van der Waals surface area contributed by atoms with Gasteiger partial charge in [-0.25, -0.2) is 9.18 Å². The Labute approximate surface area is 189 Å². The molecule has 0 bridgehead atoms. The summed E-state index contributed by atoms with van der Waals surface area (Å²) >= 11 is 0. The van der Waals surface area contributed by atoms with Crippen LogP contribution in [0, 0.1) is 5.82 Å². The van der Waals surface area contributed by atoms with Crippen molar-refractivity contribution in [1.82, 2.24) is 15.5 Å². The monoisotopic (exact) mass is 522 g/mol. The van der Waals surface area contributed by atoms with Gasteiger partial charge < -0.3 is 25.0 Å². The van der Waals surface area contributed by atoms with Gasteiger partial charge in [0.05, 0.1) is 12.6 Å². The van der Waals surface area contributed by atoms with E-state index in [0.717, 1.165) is 18.9 Å². The number of hydrogen-bond acceptors (Lipinski definition) is 4. The Morgan fingerprint density at radius 2 is 2.14 bits per heavy atom. The summed E-state index contributed by atoms with van der Waals surface area (Å²) in [6.45, 7) is 9.37. The number of ether oxygens (including phenoxy) is 2. The third-order valence-electron chi connectivity index (χ3n) is 4.10. The summed E-state index contributed by atoms with van der Waals surface area (Å²) in [4.78, 5) is 18.3. The predicted octanol–water partition coefficient (Wildman–Crippen LogP) is 3.39. The molecule has 7 nitrogen and oxygen atoms in total. The van der Waals surface area contributed by atoms with Crippen LogP contribution in [-0.4, -0.2) is 61.4 Å². The molecular formula is C20H32FIN4O3. The average Bonchev–Trinajstić information content (AvgIpc) is 3.01. The minimum atomic E-state index is -0.516. The number of benzene rings is 1. The third-order valence-corrected chi connectivity index (χ3v) is 4.10. The molecule has 1 amide bonds. The Morgan fingerprint density at radius 3 is 2.76 bits per heavy atom. The minimum absolute atomic E-state index is 0. The SMILES string of the molecule is CN=C(NCC(C)Oc1cccc(F)c1)N1CCC(NC(=O)OC(C)(C)C)C1.I. The highest BCUT2D eigenvalue weighted by atomic mass is 127. The van der Waals surface area contributed by atoms with E-state index in [-0.39, 0.29) is 41.9 Å². The number of alkyl carbamates (subject to hydrolysis) is 1. The first-order chi connectivity index (χ1) is 13.2. The number of aliphatic imine (C=N–C) groups is 1. The Bertz CT molecular complexity index is 697. The lowest BCUT2D eigenvalue weighted by molar-refractivity contribution is 0.0507. The Kier molecular flexibility index (Phi) is 9.94. The van der Waals surface area contributed by atoms with Crippen LogP contribution >= 0.6 is 24.0 Å². The molecule has 0 saturated carbocycles. The number of nitrogens with zero attached hydrogens (tertiary/aromatic N) is 2. The summed E-state index contributed by atoms with van der Waals surface area (Å²) in [6, 6.07) is 6.09. The summed E-state index contributed by atoms with van der Waals surface area (Å²) in [5.41, 5.74) is -0.516. The molecule has 1 saturated heterocycles. The standard InChI is InChI=1S/C20H31FN4O3.HI/c1-14(27-17-8-6-7-15(21)11-17)12-23-18(22-5)25-10-9-16(13-25)24-19(26)28-20(2,3)4;/h6-8,11,14,16H,9-10,12-13H2,1-5H3,(H,22,23)(H,24,26);1H. The van der Waals surface area contributed by atoms with Crippen LogP contribution in [0.15, 0.2) is 29.3 Å². The van der Waals surface area contributed by atoms with Crippen LogP contribution in [0.2, 0.25) is 0 Å². The molecule has 2 N–H and O–H groups in total. The van der Waals surface area contributed by atoms with Crippen molar-refractivity contribution in [1.29, 1.82) is 0 Å². The quantitative estimate of drug-likeness (QED) is 0.353. The summed E-state index contributed by atoms with van der Waals surface area (Å²) in [5, 5.41) is 6.17. The summed E-state index contributed by atoms with van der Waals surface area (Å²) in [7, 11) is 1.72. The Balaban J connectivity index is 0.00000420. The number of nitrogens with one attached hydrogen (secondary N) is 2. The number of guanidine groups is 1. The van der Waals surface area contributed by atoms with Crippen LogP contribution < -0.4 is 15.4 Å². The van der Waals surface area contributed by atoms with Crippen LogP contribution in [0.4, 0.5) is 9.18 Å². The molecule has 1 heterocycles. The molecule has 2 unspecified atom stereocenters. The zero-order chi connectivity index (χ0) is 20.7. The van der Waals surface area contributed by atoms with E-state index in [2.05, 4.69) is 20.5 Å². The lowest BCUT2D eigenvalue weighted by atomic mass is 10.2. The zero-order valence-electron chi connectivity index (χ0n) is 17.7.